The molecule has 1 fully saturated rings. The van der Waals surface area contributed by atoms with Crippen molar-refractivity contribution < 1.29 is 27.4 Å². The molecule has 1 aliphatic rings. The molecule has 33 heavy (non-hydrogen) atoms. The van der Waals surface area contributed by atoms with Crippen LogP contribution in [-0.2, 0) is 11.2 Å². The van der Waals surface area contributed by atoms with E-state index in [1.54, 1.807) is 12.0 Å². The lowest BCUT2D eigenvalue weighted by atomic mass is 9.91. The van der Waals surface area contributed by atoms with Crippen LogP contribution in [0, 0.1) is 5.92 Å². The maximum Gasteiger partial charge on any atom is 0.426 e. The molecule has 0 aliphatic carbocycles. The Bertz CT molecular complexity index is 897. The Morgan fingerprint density at radius 1 is 1.24 bits per heavy atom. The van der Waals surface area contributed by atoms with Crippen LogP contribution in [0.2, 0.25) is 5.02 Å². The number of piperidine rings is 1. The van der Waals surface area contributed by atoms with Gasteiger partial charge >= 0.3 is 12.3 Å². The van der Waals surface area contributed by atoms with E-state index in [0.717, 1.165) is 30.6 Å². The number of alkyl halides is 3. The van der Waals surface area contributed by atoms with E-state index < -0.39 is 24.9 Å². The second kappa shape index (κ2) is 12.3. The van der Waals surface area contributed by atoms with Gasteiger partial charge in [0.25, 0.3) is 0 Å². The molecule has 1 aliphatic heterocycles. The van der Waals surface area contributed by atoms with Gasteiger partial charge in [-0.1, -0.05) is 23.7 Å². The lowest BCUT2D eigenvalue weighted by Gasteiger charge is -2.35. The number of methoxy groups -OCH3 is 1. The number of carbonyl (C=O) groups excluding carboxylic acids is 1. The Balaban J connectivity index is 0.00000385. The third-order valence-electron chi connectivity index (χ3n) is 5.39. The van der Waals surface area contributed by atoms with Crippen LogP contribution < -0.4 is 10.1 Å². The first-order chi connectivity index (χ1) is 15.2. The summed E-state index contributed by atoms with van der Waals surface area (Å²) in [4.78, 5) is 13.8. The number of halogens is 5. The maximum absolute atomic E-state index is 13.6. The van der Waals surface area contributed by atoms with Crippen molar-refractivity contribution in [3.63, 3.8) is 0 Å². The number of nitrogens with one attached hydrogen (secondary N) is 1. The summed E-state index contributed by atoms with van der Waals surface area (Å²) < 4.78 is 50.8. The predicted octanol–water partition coefficient (Wildman–Crippen LogP) is 6.20. The van der Waals surface area contributed by atoms with Crippen molar-refractivity contribution in [3.05, 3.63) is 59.1 Å². The van der Waals surface area contributed by atoms with Crippen LogP contribution >= 0.6 is 24.0 Å². The van der Waals surface area contributed by atoms with Gasteiger partial charge in [-0.05, 0) is 73.7 Å². The van der Waals surface area contributed by atoms with Gasteiger partial charge in [-0.2, -0.15) is 13.2 Å². The topological polar surface area (TPSA) is 50.8 Å². The number of ether oxygens (including phenoxy) is 2. The lowest BCUT2D eigenvalue weighted by molar-refractivity contribution is -0.207. The number of rotatable bonds is 7. The zero-order chi connectivity index (χ0) is 23.1. The number of anilines is 1. The first-order valence-corrected chi connectivity index (χ1v) is 10.8. The molecule has 0 spiro atoms. The minimum Gasteiger partial charge on any atom is -0.497 e. The summed E-state index contributed by atoms with van der Waals surface area (Å²) in [6.07, 6.45) is -5.57. The molecule has 1 heterocycles. The number of amides is 1. The van der Waals surface area contributed by atoms with Gasteiger partial charge < -0.3 is 9.47 Å². The van der Waals surface area contributed by atoms with E-state index in [-0.39, 0.29) is 18.3 Å². The molecular formula is C23H27Cl2F3N2O3. The van der Waals surface area contributed by atoms with Gasteiger partial charge in [0.1, 0.15) is 5.75 Å². The highest BCUT2D eigenvalue weighted by Crippen LogP contribution is 2.28. The van der Waals surface area contributed by atoms with E-state index in [4.69, 9.17) is 21.1 Å². The first kappa shape index (κ1) is 27.1. The largest absolute Gasteiger partial charge is 0.497 e. The van der Waals surface area contributed by atoms with Crippen LogP contribution in [0.1, 0.15) is 18.4 Å². The van der Waals surface area contributed by atoms with Gasteiger partial charge in [0.2, 0.25) is 6.10 Å². The molecule has 2 aromatic rings. The van der Waals surface area contributed by atoms with E-state index in [2.05, 4.69) is 5.32 Å². The molecule has 3 rings (SSSR count). The Kier molecular flexibility index (Phi) is 10.1. The Morgan fingerprint density at radius 3 is 2.64 bits per heavy atom. The highest BCUT2D eigenvalue weighted by Gasteiger charge is 2.44. The minimum atomic E-state index is -4.67. The molecule has 1 amide bonds. The Labute approximate surface area is 202 Å². The minimum absolute atomic E-state index is 0. The summed E-state index contributed by atoms with van der Waals surface area (Å²) in [5, 5.41) is 2.76. The van der Waals surface area contributed by atoms with Crippen LogP contribution in [0.4, 0.5) is 23.7 Å². The molecule has 0 saturated carbocycles. The molecule has 10 heteroatoms. The first-order valence-electron chi connectivity index (χ1n) is 10.4. The van der Waals surface area contributed by atoms with Crippen LogP contribution in [0.15, 0.2) is 48.5 Å². The Morgan fingerprint density at radius 2 is 1.97 bits per heavy atom. The second-order valence-corrected chi connectivity index (χ2v) is 8.33. The Hall–Kier alpha value is -2.16. The summed E-state index contributed by atoms with van der Waals surface area (Å²) in [5.41, 5.74) is 1.39. The lowest BCUT2D eigenvalue weighted by Crippen LogP contribution is -2.47. The summed E-state index contributed by atoms with van der Waals surface area (Å²) in [7, 11) is 1.60. The summed E-state index contributed by atoms with van der Waals surface area (Å²) in [5.74, 6) is 0.972. The monoisotopic (exact) mass is 506 g/mol. The molecule has 0 bridgehead atoms. The number of likely N-dealkylation sites (tertiary alicyclic amines) is 1. The highest BCUT2D eigenvalue weighted by atomic mass is 35.5. The molecule has 1 unspecified atom stereocenters. The van der Waals surface area contributed by atoms with Crippen molar-refractivity contribution in [1.82, 2.24) is 4.90 Å². The SMILES string of the molecule is COc1cccc(CC2CCCN(C[C@H](OC(=O)Nc3ccc(Cl)cc3)C(F)(F)F)C2)c1.Cl. The van der Waals surface area contributed by atoms with Gasteiger partial charge in [-0.15, -0.1) is 12.4 Å². The highest BCUT2D eigenvalue weighted by molar-refractivity contribution is 6.30. The normalized spacial score (nSPS) is 17.5. The van der Waals surface area contributed by atoms with Gasteiger partial charge in [-0.25, -0.2) is 4.79 Å². The number of benzene rings is 2. The molecular weight excluding hydrogens is 480 g/mol. The third kappa shape index (κ3) is 8.61. The molecule has 2 atom stereocenters. The fraction of sp³-hybridized carbons (Fsp3) is 0.435. The van der Waals surface area contributed by atoms with Crippen molar-refractivity contribution in [3.8, 4) is 5.75 Å². The molecule has 182 valence electrons. The molecule has 2 aromatic carbocycles. The second-order valence-electron chi connectivity index (χ2n) is 7.89. The van der Waals surface area contributed by atoms with Crippen LogP contribution in [0.5, 0.6) is 5.75 Å². The van der Waals surface area contributed by atoms with Crippen molar-refractivity contribution in [2.75, 3.05) is 32.1 Å². The van der Waals surface area contributed by atoms with E-state index in [1.165, 1.54) is 24.3 Å². The third-order valence-corrected chi connectivity index (χ3v) is 5.64. The van der Waals surface area contributed by atoms with E-state index in [1.807, 2.05) is 24.3 Å². The zero-order valence-corrected chi connectivity index (χ0v) is 19.7. The van der Waals surface area contributed by atoms with Gasteiger partial charge in [-0.3, -0.25) is 10.2 Å². The van der Waals surface area contributed by atoms with Crippen LogP contribution in [-0.4, -0.2) is 50.0 Å². The number of carbonyl (C=O) groups is 1. The van der Waals surface area contributed by atoms with Crippen molar-refractivity contribution in [2.45, 2.75) is 31.5 Å². The van der Waals surface area contributed by atoms with Crippen LogP contribution in [0.25, 0.3) is 0 Å². The van der Waals surface area contributed by atoms with Crippen molar-refractivity contribution in [1.29, 1.82) is 0 Å². The number of nitrogens with zero attached hydrogens (tertiary/aromatic N) is 1. The van der Waals surface area contributed by atoms with E-state index in [9.17, 15) is 18.0 Å². The number of hydrogen-bond donors (Lipinski definition) is 1. The number of hydrogen-bond acceptors (Lipinski definition) is 4. The molecule has 5 nitrogen and oxygen atoms in total. The van der Waals surface area contributed by atoms with Crippen molar-refractivity contribution >= 4 is 35.8 Å². The maximum atomic E-state index is 13.6. The van der Waals surface area contributed by atoms with Gasteiger partial charge in [0.05, 0.1) is 7.11 Å². The molecule has 1 saturated heterocycles. The molecule has 0 aromatic heterocycles. The average molecular weight is 507 g/mol. The smallest absolute Gasteiger partial charge is 0.426 e. The molecule has 1 N–H and O–H groups in total. The molecule has 0 radical (unpaired) electrons. The van der Waals surface area contributed by atoms with Gasteiger partial charge in [0, 0.05) is 23.8 Å². The van der Waals surface area contributed by atoms with Crippen molar-refractivity contribution in [2.24, 2.45) is 5.92 Å². The fourth-order valence-corrected chi connectivity index (χ4v) is 3.99. The summed E-state index contributed by atoms with van der Waals surface area (Å²) >= 11 is 5.77. The standard InChI is InChI=1S/C23H26ClF3N2O3.ClH/c1-31-20-6-2-4-16(13-20)12-17-5-3-11-29(14-17)15-21(23(25,26)27)32-22(30)28-19-9-7-18(24)8-10-19;/h2,4,6-10,13,17,21H,3,5,11-12,14-15H2,1H3,(H,28,30);1H/t17?,21-;/m0./s1. The quantitative estimate of drug-likeness (QED) is 0.485. The summed E-state index contributed by atoms with van der Waals surface area (Å²) in [6.45, 7) is 0.640. The summed E-state index contributed by atoms with van der Waals surface area (Å²) in [6, 6.07) is 13.7. The van der Waals surface area contributed by atoms with Gasteiger partial charge in [0.15, 0.2) is 0 Å². The fourth-order valence-electron chi connectivity index (χ4n) is 3.87. The van der Waals surface area contributed by atoms with Crippen LogP contribution in [0.3, 0.4) is 0 Å². The van der Waals surface area contributed by atoms with E-state index in [0.29, 0.717) is 23.8 Å². The van der Waals surface area contributed by atoms with E-state index >= 15 is 0 Å². The zero-order valence-electron chi connectivity index (χ0n) is 18.1. The average Bonchev–Trinajstić information content (AvgIpc) is 2.75. The predicted molar refractivity (Wildman–Crippen MR) is 125 cm³/mol.